The summed E-state index contributed by atoms with van der Waals surface area (Å²) in [5, 5.41) is 16.1. The molecule has 0 spiro atoms. The van der Waals surface area contributed by atoms with Gasteiger partial charge in [-0.05, 0) is 29.7 Å². The first-order valence-electron chi connectivity index (χ1n) is 11.3. The molecule has 0 bridgehead atoms. The van der Waals surface area contributed by atoms with Crippen molar-refractivity contribution < 1.29 is 5.11 Å². The highest BCUT2D eigenvalue weighted by Gasteiger charge is 2.52. The summed E-state index contributed by atoms with van der Waals surface area (Å²) in [6.45, 7) is 4.31. The van der Waals surface area contributed by atoms with E-state index in [1.165, 1.54) is 11.1 Å². The minimum absolute atomic E-state index is 0.00826. The monoisotopic (exact) mass is 409 g/mol. The fraction of sp³-hybridized carbons (Fsp3) is 0.310. The molecule has 0 saturated carbocycles. The Bertz CT molecular complexity index is 1020. The molecule has 158 valence electrons. The normalized spacial score (nSPS) is 27.8. The highest BCUT2D eigenvalue weighted by molar-refractivity contribution is 5.39. The van der Waals surface area contributed by atoms with Crippen LogP contribution in [0.1, 0.15) is 55.5 Å². The molecule has 1 aliphatic rings. The van der Waals surface area contributed by atoms with E-state index in [0.29, 0.717) is 0 Å². The van der Waals surface area contributed by atoms with Crippen LogP contribution in [0.15, 0.2) is 91.0 Å². The van der Waals surface area contributed by atoms with E-state index in [-0.39, 0.29) is 23.9 Å². The maximum absolute atomic E-state index is 12.2. The van der Waals surface area contributed by atoms with Gasteiger partial charge in [-0.15, -0.1) is 0 Å². The van der Waals surface area contributed by atoms with Gasteiger partial charge in [-0.25, -0.2) is 0 Å². The first-order chi connectivity index (χ1) is 15.1. The maximum Gasteiger partial charge on any atom is 0.134 e. The number of rotatable bonds is 4. The van der Waals surface area contributed by atoms with Gasteiger partial charge in [0.15, 0.2) is 0 Å². The third-order valence-electron chi connectivity index (χ3n) is 6.62. The molecule has 2 heteroatoms. The van der Waals surface area contributed by atoms with Crippen LogP contribution in [0, 0.1) is 23.7 Å². The SMILES string of the molecule is CCC[C@H]1[C@@H](c2ccccc2)N[C@H](c2ccccc2)[C@H](C)[C@]1(O)C#Cc1ccccc1. The number of aliphatic hydroxyl groups is 1. The van der Waals surface area contributed by atoms with E-state index in [9.17, 15) is 5.11 Å². The molecule has 0 unspecified atom stereocenters. The number of hydrogen-bond acceptors (Lipinski definition) is 2. The first kappa shape index (κ1) is 21.4. The quantitative estimate of drug-likeness (QED) is 0.525. The molecule has 0 amide bonds. The van der Waals surface area contributed by atoms with Crippen molar-refractivity contribution in [1.29, 1.82) is 0 Å². The molecule has 2 nitrogen and oxygen atoms in total. The molecule has 2 N–H and O–H groups in total. The molecule has 3 aromatic rings. The summed E-state index contributed by atoms with van der Waals surface area (Å²) >= 11 is 0. The average molecular weight is 410 g/mol. The summed E-state index contributed by atoms with van der Waals surface area (Å²) in [6, 6.07) is 30.9. The van der Waals surface area contributed by atoms with Crippen LogP contribution in [0.5, 0.6) is 0 Å². The lowest BCUT2D eigenvalue weighted by Gasteiger charge is -2.51. The van der Waals surface area contributed by atoms with Gasteiger partial charge in [0.2, 0.25) is 0 Å². The largest absolute Gasteiger partial charge is 0.377 e. The second kappa shape index (κ2) is 9.52. The number of piperidine rings is 1. The van der Waals surface area contributed by atoms with Crippen molar-refractivity contribution in [2.75, 3.05) is 0 Å². The molecule has 0 radical (unpaired) electrons. The molecular weight excluding hydrogens is 378 g/mol. The molecule has 0 aromatic heterocycles. The predicted octanol–water partition coefficient (Wildman–Crippen LogP) is 5.91. The Kier molecular flexibility index (Phi) is 6.56. The number of benzene rings is 3. The topological polar surface area (TPSA) is 32.3 Å². The molecule has 4 rings (SSSR count). The number of nitrogens with one attached hydrogen (secondary N) is 1. The Labute approximate surface area is 186 Å². The van der Waals surface area contributed by atoms with Gasteiger partial charge in [-0.3, -0.25) is 0 Å². The third-order valence-corrected chi connectivity index (χ3v) is 6.62. The van der Waals surface area contributed by atoms with Crippen LogP contribution >= 0.6 is 0 Å². The van der Waals surface area contributed by atoms with Crippen LogP contribution in [0.4, 0.5) is 0 Å². The minimum Gasteiger partial charge on any atom is -0.377 e. The average Bonchev–Trinajstić information content (AvgIpc) is 2.83. The fourth-order valence-electron chi connectivity index (χ4n) is 4.93. The lowest BCUT2D eigenvalue weighted by Crippen LogP contribution is -2.58. The van der Waals surface area contributed by atoms with Crippen LogP contribution in [0.2, 0.25) is 0 Å². The highest BCUT2D eigenvalue weighted by atomic mass is 16.3. The van der Waals surface area contributed by atoms with Gasteiger partial charge < -0.3 is 10.4 Å². The van der Waals surface area contributed by atoms with Crippen LogP contribution < -0.4 is 5.32 Å². The standard InChI is InChI=1S/C29H31NO/c1-3-13-26-28(25-18-11-6-12-19-25)30-27(24-16-9-5-10-17-24)22(2)29(26,31)21-20-23-14-7-4-8-15-23/h4-12,14-19,22,26-28,30-31H,3,13H2,1-2H3/t22-,26-,27-,28+,29+/m0/s1. The van der Waals surface area contributed by atoms with Crippen LogP contribution in [0.3, 0.4) is 0 Å². The zero-order valence-corrected chi connectivity index (χ0v) is 18.3. The lowest BCUT2D eigenvalue weighted by atomic mass is 9.64. The Balaban J connectivity index is 1.82. The van der Waals surface area contributed by atoms with E-state index in [1.54, 1.807) is 0 Å². The van der Waals surface area contributed by atoms with Crippen LogP contribution in [-0.2, 0) is 0 Å². The van der Waals surface area contributed by atoms with Crippen molar-refractivity contribution in [2.24, 2.45) is 11.8 Å². The second-order valence-electron chi connectivity index (χ2n) is 8.57. The predicted molar refractivity (Wildman–Crippen MR) is 127 cm³/mol. The molecule has 5 atom stereocenters. The van der Waals surface area contributed by atoms with Gasteiger partial charge in [-0.1, -0.05) is 111 Å². The van der Waals surface area contributed by atoms with E-state index in [1.807, 2.05) is 42.5 Å². The van der Waals surface area contributed by atoms with Gasteiger partial charge in [0.05, 0.1) is 0 Å². The van der Waals surface area contributed by atoms with Crippen molar-refractivity contribution in [2.45, 2.75) is 44.4 Å². The van der Waals surface area contributed by atoms with Crippen LogP contribution in [-0.4, -0.2) is 10.7 Å². The van der Waals surface area contributed by atoms with E-state index in [4.69, 9.17) is 0 Å². The lowest BCUT2D eigenvalue weighted by molar-refractivity contribution is -0.0749. The summed E-state index contributed by atoms with van der Waals surface area (Å²) in [5.74, 6) is 6.58. The van der Waals surface area contributed by atoms with Crippen molar-refractivity contribution in [1.82, 2.24) is 5.32 Å². The second-order valence-corrected chi connectivity index (χ2v) is 8.57. The molecule has 1 aliphatic heterocycles. The molecule has 1 heterocycles. The van der Waals surface area contributed by atoms with E-state index in [0.717, 1.165) is 18.4 Å². The van der Waals surface area contributed by atoms with Crippen molar-refractivity contribution in [3.05, 3.63) is 108 Å². The van der Waals surface area contributed by atoms with Crippen molar-refractivity contribution in [3.63, 3.8) is 0 Å². The molecule has 31 heavy (non-hydrogen) atoms. The molecule has 1 fully saturated rings. The summed E-state index contributed by atoms with van der Waals surface area (Å²) < 4.78 is 0. The van der Waals surface area contributed by atoms with Crippen molar-refractivity contribution >= 4 is 0 Å². The van der Waals surface area contributed by atoms with Gasteiger partial charge in [0, 0.05) is 29.5 Å². The molecule has 0 aliphatic carbocycles. The first-order valence-corrected chi connectivity index (χ1v) is 11.3. The summed E-state index contributed by atoms with van der Waals surface area (Å²) in [7, 11) is 0. The zero-order chi connectivity index (χ0) is 21.7. The zero-order valence-electron chi connectivity index (χ0n) is 18.3. The fourth-order valence-corrected chi connectivity index (χ4v) is 4.93. The Hall–Kier alpha value is -2.86. The Morgan fingerprint density at radius 2 is 1.32 bits per heavy atom. The van der Waals surface area contributed by atoms with E-state index >= 15 is 0 Å². The minimum atomic E-state index is -1.11. The van der Waals surface area contributed by atoms with Gasteiger partial charge in [-0.2, -0.15) is 0 Å². The number of hydrogen-bond donors (Lipinski definition) is 2. The smallest absolute Gasteiger partial charge is 0.134 e. The summed E-state index contributed by atoms with van der Waals surface area (Å²) in [6.07, 6.45) is 1.89. The van der Waals surface area contributed by atoms with Crippen molar-refractivity contribution in [3.8, 4) is 11.8 Å². The third kappa shape index (κ3) is 4.44. The molecule has 3 aromatic carbocycles. The Morgan fingerprint density at radius 3 is 1.87 bits per heavy atom. The van der Waals surface area contributed by atoms with Crippen LogP contribution in [0.25, 0.3) is 0 Å². The highest BCUT2D eigenvalue weighted by Crippen LogP contribution is 2.48. The Morgan fingerprint density at radius 1 is 0.806 bits per heavy atom. The molecule has 1 saturated heterocycles. The maximum atomic E-state index is 12.2. The summed E-state index contributed by atoms with van der Waals surface area (Å²) in [4.78, 5) is 0. The van der Waals surface area contributed by atoms with E-state index < -0.39 is 5.60 Å². The van der Waals surface area contributed by atoms with Gasteiger partial charge in [0.25, 0.3) is 0 Å². The van der Waals surface area contributed by atoms with Gasteiger partial charge in [0.1, 0.15) is 5.60 Å². The summed E-state index contributed by atoms with van der Waals surface area (Å²) in [5.41, 5.74) is 2.21. The molecular formula is C29H31NO. The van der Waals surface area contributed by atoms with E-state index in [2.05, 4.69) is 79.5 Å². The van der Waals surface area contributed by atoms with Gasteiger partial charge >= 0.3 is 0 Å².